The highest BCUT2D eigenvalue weighted by molar-refractivity contribution is 14.1. The summed E-state index contributed by atoms with van der Waals surface area (Å²) >= 11 is 2.12. The van der Waals surface area contributed by atoms with E-state index in [1.54, 1.807) is 0 Å². The fourth-order valence-corrected chi connectivity index (χ4v) is 0.752. The van der Waals surface area contributed by atoms with Crippen molar-refractivity contribution in [1.29, 1.82) is 0 Å². The molecule has 0 rings (SSSR count). The average Bonchev–Trinajstić information content (AvgIpc) is 1.87. The molecule has 0 atom stereocenters. The summed E-state index contributed by atoms with van der Waals surface area (Å²) in [6.45, 7) is 7.09. The third kappa shape index (κ3) is 8.65. The van der Waals surface area contributed by atoms with Crippen LogP contribution in [-0.4, -0.2) is 19.8 Å². The Kier molecular flexibility index (Phi) is 8.26. The third-order valence-electron chi connectivity index (χ3n) is 1.18. The molecule has 62 valence electrons. The first-order chi connectivity index (χ1) is 4.77. The van der Waals surface area contributed by atoms with Gasteiger partial charge in [0.05, 0.1) is 6.61 Å². The highest BCUT2D eigenvalue weighted by Crippen LogP contribution is 1.98. The van der Waals surface area contributed by atoms with Crippen molar-refractivity contribution in [3.8, 4) is 0 Å². The zero-order valence-corrected chi connectivity index (χ0v) is 8.85. The molecular formula is C7H16INO. The largest absolute Gasteiger partial charge is 0.380 e. The first kappa shape index (κ1) is 10.7. The Hall–Kier alpha value is 0.650. The van der Waals surface area contributed by atoms with Gasteiger partial charge in [-0.15, -0.1) is 0 Å². The molecule has 0 heterocycles. The molecule has 0 aromatic rings. The molecule has 0 radical (unpaired) electrons. The zero-order valence-electron chi connectivity index (χ0n) is 6.69. The normalized spacial score (nSPS) is 10.8. The lowest BCUT2D eigenvalue weighted by Crippen LogP contribution is -2.10. The van der Waals surface area contributed by atoms with Gasteiger partial charge in [0.25, 0.3) is 0 Å². The summed E-state index contributed by atoms with van der Waals surface area (Å²) in [6.07, 6.45) is 1.17. The first-order valence-electron chi connectivity index (χ1n) is 3.68. The smallest absolute Gasteiger partial charge is 0.0599 e. The van der Waals surface area contributed by atoms with Gasteiger partial charge in [0.15, 0.2) is 0 Å². The Morgan fingerprint density at radius 3 is 2.60 bits per heavy atom. The van der Waals surface area contributed by atoms with E-state index in [9.17, 15) is 0 Å². The standard InChI is InChI=1S/C7H16INO/c1-7(2)3-5-10-6-4-9-8/h7,9H,3-6H2,1-2H3. The van der Waals surface area contributed by atoms with Crippen LogP contribution in [-0.2, 0) is 4.74 Å². The average molecular weight is 257 g/mol. The van der Waals surface area contributed by atoms with Gasteiger partial charge in [-0.1, -0.05) is 13.8 Å². The quantitative estimate of drug-likeness (QED) is 0.446. The number of nitrogens with one attached hydrogen (secondary N) is 1. The van der Waals surface area contributed by atoms with Crippen LogP contribution in [0.5, 0.6) is 0 Å². The number of rotatable bonds is 6. The summed E-state index contributed by atoms with van der Waals surface area (Å²) in [5, 5.41) is 0. The fraction of sp³-hybridized carbons (Fsp3) is 1.00. The van der Waals surface area contributed by atoms with Gasteiger partial charge in [-0.05, 0) is 12.3 Å². The lowest BCUT2D eigenvalue weighted by atomic mass is 10.1. The van der Waals surface area contributed by atoms with E-state index in [1.165, 1.54) is 6.42 Å². The molecule has 3 heteroatoms. The van der Waals surface area contributed by atoms with E-state index in [-0.39, 0.29) is 0 Å². The van der Waals surface area contributed by atoms with Crippen molar-refractivity contribution < 1.29 is 4.74 Å². The summed E-state index contributed by atoms with van der Waals surface area (Å²) in [6, 6.07) is 0. The molecular weight excluding hydrogens is 241 g/mol. The predicted molar refractivity (Wildman–Crippen MR) is 52.3 cm³/mol. The molecule has 0 spiro atoms. The molecule has 0 aliphatic rings. The molecule has 0 aliphatic carbocycles. The lowest BCUT2D eigenvalue weighted by Gasteiger charge is -2.04. The third-order valence-corrected chi connectivity index (χ3v) is 1.72. The monoisotopic (exact) mass is 257 g/mol. The summed E-state index contributed by atoms with van der Waals surface area (Å²) < 4.78 is 8.32. The molecule has 0 aliphatic heterocycles. The maximum Gasteiger partial charge on any atom is 0.0599 e. The van der Waals surface area contributed by atoms with E-state index in [1.807, 2.05) is 0 Å². The number of halogens is 1. The van der Waals surface area contributed by atoms with Crippen molar-refractivity contribution in [3.63, 3.8) is 0 Å². The molecule has 10 heavy (non-hydrogen) atoms. The van der Waals surface area contributed by atoms with E-state index in [0.29, 0.717) is 0 Å². The maximum absolute atomic E-state index is 5.32. The van der Waals surface area contributed by atoms with Gasteiger partial charge in [-0.25, -0.2) is 0 Å². The van der Waals surface area contributed by atoms with Crippen LogP contribution in [0, 0.1) is 5.92 Å². The van der Waals surface area contributed by atoms with Crippen LogP contribution in [0.25, 0.3) is 0 Å². The van der Waals surface area contributed by atoms with E-state index >= 15 is 0 Å². The summed E-state index contributed by atoms with van der Waals surface area (Å²) in [5.41, 5.74) is 0. The Bertz CT molecular complexity index is 68.6. The van der Waals surface area contributed by atoms with Crippen LogP contribution in [0.3, 0.4) is 0 Å². The molecule has 0 unspecified atom stereocenters. The second kappa shape index (κ2) is 7.75. The van der Waals surface area contributed by atoms with Gasteiger partial charge in [0.1, 0.15) is 0 Å². The minimum absolute atomic E-state index is 0.757. The number of ether oxygens (including phenoxy) is 1. The van der Waals surface area contributed by atoms with Crippen LogP contribution < -0.4 is 3.53 Å². The van der Waals surface area contributed by atoms with Crippen LogP contribution in [0.15, 0.2) is 0 Å². The Labute approximate surface area is 77.2 Å². The van der Waals surface area contributed by atoms with Gasteiger partial charge < -0.3 is 4.74 Å². The van der Waals surface area contributed by atoms with Crippen molar-refractivity contribution in [1.82, 2.24) is 3.53 Å². The molecule has 0 aromatic heterocycles. The Morgan fingerprint density at radius 2 is 2.10 bits per heavy atom. The molecule has 0 amide bonds. The molecule has 0 bridgehead atoms. The van der Waals surface area contributed by atoms with Crippen LogP contribution >= 0.6 is 22.9 Å². The minimum Gasteiger partial charge on any atom is -0.380 e. The van der Waals surface area contributed by atoms with E-state index < -0.39 is 0 Å². The lowest BCUT2D eigenvalue weighted by molar-refractivity contribution is 0.129. The molecule has 1 N–H and O–H groups in total. The summed E-state index contributed by atoms with van der Waals surface area (Å²) in [4.78, 5) is 0. The van der Waals surface area contributed by atoms with Gasteiger partial charge in [-0.2, -0.15) is 0 Å². The zero-order chi connectivity index (χ0) is 7.82. The second-order valence-corrected chi connectivity index (χ2v) is 3.44. The summed E-state index contributed by atoms with van der Waals surface area (Å²) in [7, 11) is 0. The maximum atomic E-state index is 5.32. The van der Waals surface area contributed by atoms with Crippen LogP contribution in [0.2, 0.25) is 0 Å². The predicted octanol–water partition coefficient (Wildman–Crippen LogP) is 1.99. The summed E-state index contributed by atoms with van der Waals surface area (Å²) in [5.74, 6) is 0.757. The number of hydrogen-bond acceptors (Lipinski definition) is 2. The van der Waals surface area contributed by atoms with Crippen molar-refractivity contribution in [2.75, 3.05) is 19.8 Å². The van der Waals surface area contributed by atoms with Crippen LogP contribution in [0.1, 0.15) is 20.3 Å². The second-order valence-electron chi connectivity index (χ2n) is 2.68. The van der Waals surface area contributed by atoms with Crippen molar-refractivity contribution in [3.05, 3.63) is 0 Å². The van der Waals surface area contributed by atoms with Crippen molar-refractivity contribution in [2.45, 2.75) is 20.3 Å². The minimum atomic E-state index is 0.757. The van der Waals surface area contributed by atoms with Crippen molar-refractivity contribution >= 4 is 22.9 Å². The van der Waals surface area contributed by atoms with Gasteiger partial charge in [-0.3, -0.25) is 3.53 Å². The van der Waals surface area contributed by atoms with Gasteiger partial charge in [0.2, 0.25) is 0 Å². The van der Waals surface area contributed by atoms with E-state index in [2.05, 4.69) is 40.2 Å². The molecule has 2 nitrogen and oxygen atoms in total. The SMILES string of the molecule is CC(C)CCOCCNI. The Balaban J connectivity index is 2.77. The van der Waals surface area contributed by atoms with Gasteiger partial charge in [0, 0.05) is 36.0 Å². The van der Waals surface area contributed by atoms with Crippen LogP contribution in [0.4, 0.5) is 0 Å². The molecule has 0 saturated heterocycles. The van der Waals surface area contributed by atoms with E-state index in [0.717, 1.165) is 25.7 Å². The highest BCUT2D eigenvalue weighted by atomic mass is 127. The molecule has 0 aromatic carbocycles. The van der Waals surface area contributed by atoms with E-state index in [4.69, 9.17) is 4.74 Å². The topological polar surface area (TPSA) is 21.3 Å². The highest BCUT2D eigenvalue weighted by Gasteiger charge is 1.92. The Morgan fingerprint density at radius 1 is 1.40 bits per heavy atom. The van der Waals surface area contributed by atoms with Gasteiger partial charge >= 0.3 is 0 Å². The number of hydrogen-bond donors (Lipinski definition) is 1. The first-order valence-corrected chi connectivity index (χ1v) is 4.76. The molecule has 0 saturated carbocycles. The fourth-order valence-electron chi connectivity index (χ4n) is 0.532. The molecule has 0 fully saturated rings. The van der Waals surface area contributed by atoms with Crippen molar-refractivity contribution in [2.24, 2.45) is 5.92 Å².